The molecule has 0 saturated heterocycles. The third-order valence-electron chi connectivity index (χ3n) is 3.78. The van der Waals surface area contributed by atoms with Gasteiger partial charge >= 0.3 is 0 Å². The van der Waals surface area contributed by atoms with E-state index in [2.05, 4.69) is 5.32 Å². The lowest BCUT2D eigenvalue weighted by Gasteiger charge is -2.11. The first-order valence-electron chi connectivity index (χ1n) is 8.96. The molecule has 0 aliphatic carbocycles. The number of nitrogens with one attached hydrogen (secondary N) is 1. The Morgan fingerprint density at radius 3 is 2.34 bits per heavy atom. The molecule has 9 heteroatoms. The SMILES string of the molecule is CC(NCc1ccc(OCCCc2ccccc2Cl)cc1)C(N)=O.CS(=O)(=O)O. The predicted octanol–water partition coefficient (Wildman–Crippen LogP) is 2.82. The fraction of sp³-hybridized carbons (Fsp3) is 0.350. The largest absolute Gasteiger partial charge is 0.494 e. The Kier molecular flexibility index (Phi) is 10.7. The van der Waals surface area contributed by atoms with Crippen molar-refractivity contribution in [3.63, 3.8) is 0 Å². The number of nitrogens with two attached hydrogens (primary N) is 1. The number of benzene rings is 2. The van der Waals surface area contributed by atoms with E-state index in [9.17, 15) is 13.2 Å². The van der Waals surface area contributed by atoms with Crippen molar-refractivity contribution in [2.45, 2.75) is 32.4 Å². The van der Waals surface area contributed by atoms with Gasteiger partial charge in [0.1, 0.15) is 5.75 Å². The van der Waals surface area contributed by atoms with Crippen LogP contribution in [-0.2, 0) is 27.9 Å². The molecule has 2 aromatic rings. The third kappa shape index (κ3) is 12.1. The first-order chi connectivity index (χ1) is 13.6. The normalized spacial score (nSPS) is 11.9. The minimum absolute atomic E-state index is 0.342. The van der Waals surface area contributed by atoms with E-state index >= 15 is 0 Å². The highest BCUT2D eigenvalue weighted by Crippen LogP contribution is 2.17. The summed E-state index contributed by atoms with van der Waals surface area (Å²) in [5.74, 6) is 0.481. The van der Waals surface area contributed by atoms with E-state index in [0.29, 0.717) is 19.4 Å². The zero-order chi connectivity index (χ0) is 21.9. The second kappa shape index (κ2) is 12.4. The van der Waals surface area contributed by atoms with Crippen LogP contribution in [0, 0.1) is 0 Å². The second-order valence-electron chi connectivity index (χ2n) is 6.43. The van der Waals surface area contributed by atoms with Gasteiger partial charge in [0.25, 0.3) is 10.1 Å². The summed E-state index contributed by atoms with van der Waals surface area (Å²) in [5.41, 5.74) is 7.44. The fourth-order valence-corrected chi connectivity index (χ4v) is 2.46. The highest BCUT2D eigenvalue weighted by atomic mass is 35.5. The molecular formula is C20H27ClN2O5S. The van der Waals surface area contributed by atoms with E-state index in [4.69, 9.17) is 26.6 Å². The van der Waals surface area contributed by atoms with Crippen molar-refractivity contribution < 1.29 is 22.5 Å². The summed E-state index contributed by atoms with van der Waals surface area (Å²) in [5, 5.41) is 3.87. The Morgan fingerprint density at radius 1 is 1.21 bits per heavy atom. The van der Waals surface area contributed by atoms with Gasteiger partial charge in [-0.1, -0.05) is 41.9 Å². The molecule has 0 spiro atoms. The molecule has 1 atom stereocenters. The van der Waals surface area contributed by atoms with Gasteiger partial charge in [-0.2, -0.15) is 8.42 Å². The lowest BCUT2D eigenvalue weighted by molar-refractivity contribution is -0.119. The quantitative estimate of drug-likeness (QED) is 0.406. The van der Waals surface area contributed by atoms with Crippen molar-refractivity contribution in [3.05, 3.63) is 64.7 Å². The highest BCUT2D eigenvalue weighted by molar-refractivity contribution is 7.85. The molecule has 2 rings (SSSR count). The number of hydrogen-bond acceptors (Lipinski definition) is 5. The van der Waals surface area contributed by atoms with E-state index < -0.39 is 10.1 Å². The average molecular weight is 443 g/mol. The lowest BCUT2D eigenvalue weighted by Crippen LogP contribution is -2.38. The number of ether oxygens (including phenoxy) is 1. The van der Waals surface area contributed by atoms with Crippen molar-refractivity contribution in [1.82, 2.24) is 5.32 Å². The summed E-state index contributed by atoms with van der Waals surface area (Å²) in [4.78, 5) is 11.0. The van der Waals surface area contributed by atoms with Crippen molar-refractivity contribution in [2.24, 2.45) is 5.73 Å². The summed E-state index contributed by atoms with van der Waals surface area (Å²) < 4.78 is 31.6. The van der Waals surface area contributed by atoms with Crippen LogP contribution in [0.1, 0.15) is 24.5 Å². The van der Waals surface area contributed by atoms with E-state index in [1.54, 1.807) is 6.92 Å². The van der Waals surface area contributed by atoms with Crippen LogP contribution < -0.4 is 15.8 Å². The number of carbonyl (C=O) groups excluding carboxylic acids is 1. The zero-order valence-electron chi connectivity index (χ0n) is 16.5. The molecule has 0 aliphatic heterocycles. The first kappa shape index (κ1) is 24.9. The molecule has 0 aliphatic rings. The molecule has 0 heterocycles. The number of aryl methyl sites for hydroxylation is 1. The molecule has 0 aromatic heterocycles. The topological polar surface area (TPSA) is 119 Å². The smallest absolute Gasteiger partial charge is 0.261 e. The molecule has 1 amide bonds. The van der Waals surface area contributed by atoms with Crippen LogP contribution >= 0.6 is 11.6 Å². The molecule has 7 nitrogen and oxygen atoms in total. The van der Waals surface area contributed by atoms with Gasteiger partial charge in [-0.15, -0.1) is 0 Å². The Labute approximate surface area is 177 Å². The highest BCUT2D eigenvalue weighted by Gasteiger charge is 2.07. The standard InChI is InChI=1S/C19H23ClN2O2.CH4O3S/c1-14(19(21)23)22-13-15-8-10-17(11-9-15)24-12-4-6-16-5-2-3-7-18(16)20;1-5(2,3)4/h2-3,5,7-11,14,22H,4,6,12-13H2,1H3,(H2,21,23);1H3,(H,2,3,4). The van der Waals surface area contributed by atoms with E-state index in [1.165, 1.54) is 0 Å². The molecule has 0 saturated carbocycles. The molecule has 0 fully saturated rings. The molecule has 29 heavy (non-hydrogen) atoms. The number of hydrogen-bond donors (Lipinski definition) is 3. The molecule has 160 valence electrons. The summed E-state index contributed by atoms with van der Waals surface area (Å²) in [6, 6.07) is 15.3. The Balaban J connectivity index is 0.000000749. The number of primary amides is 1. The van der Waals surface area contributed by atoms with Crippen molar-refractivity contribution in [3.8, 4) is 5.75 Å². The maximum atomic E-state index is 11.0. The number of carbonyl (C=O) groups is 1. The second-order valence-corrected chi connectivity index (χ2v) is 8.30. The van der Waals surface area contributed by atoms with Crippen LogP contribution in [0.3, 0.4) is 0 Å². The maximum Gasteiger partial charge on any atom is 0.261 e. The van der Waals surface area contributed by atoms with Gasteiger partial charge in [0.2, 0.25) is 5.91 Å². The molecule has 2 aromatic carbocycles. The van der Waals surface area contributed by atoms with Crippen molar-refractivity contribution in [2.75, 3.05) is 12.9 Å². The van der Waals surface area contributed by atoms with Gasteiger partial charge in [0.05, 0.1) is 18.9 Å². The van der Waals surface area contributed by atoms with Gasteiger partial charge in [-0.05, 0) is 49.1 Å². The van der Waals surface area contributed by atoms with Crippen LogP contribution in [0.25, 0.3) is 0 Å². The summed E-state index contributed by atoms with van der Waals surface area (Å²) >= 11 is 6.13. The molecule has 4 N–H and O–H groups in total. The Morgan fingerprint density at radius 2 is 1.79 bits per heavy atom. The van der Waals surface area contributed by atoms with Crippen LogP contribution in [0.5, 0.6) is 5.75 Å². The first-order valence-corrected chi connectivity index (χ1v) is 11.2. The fourth-order valence-electron chi connectivity index (χ4n) is 2.23. The van der Waals surface area contributed by atoms with E-state index in [1.807, 2.05) is 48.5 Å². The van der Waals surface area contributed by atoms with Gasteiger partial charge < -0.3 is 15.8 Å². The summed E-state index contributed by atoms with van der Waals surface area (Å²) in [6.45, 7) is 2.98. The molecule has 0 bridgehead atoms. The van der Waals surface area contributed by atoms with Crippen LogP contribution in [-0.4, -0.2) is 37.8 Å². The van der Waals surface area contributed by atoms with Crippen molar-refractivity contribution in [1.29, 1.82) is 0 Å². The van der Waals surface area contributed by atoms with Crippen molar-refractivity contribution >= 4 is 27.6 Å². The molecular weight excluding hydrogens is 416 g/mol. The zero-order valence-corrected chi connectivity index (χ0v) is 18.0. The minimum Gasteiger partial charge on any atom is -0.494 e. The predicted molar refractivity (Wildman–Crippen MR) is 115 cm³/mol. The monoisotopic (exact) mass is 442 g/mol. The van der Waals surface area contributed by atoms with Crippen LogP contribution in [0.15, 0.2) is 48.5 Å². The van der Waals surface area contributed by atoms with Crippen LogP contribution in [0.2, 0.25) is 5.02 Å². The Bertz CT molecular complexity index is 865. The lowest BCUT2D eigenvalue weighted by atomic mass is 10.1. The van der Waals surface area contributed by atoms with Gasteiger partial charge in [0, 0.05) is 11.6 Å². The van der Waals surface area contributed by atoms with E-state index in [0.717, 1.165) is 34.7 Å². The van der Waals surface area contributed by atoms with Gasteiger partial charge in [-0.25, -0.2) is 0 Å². The number of rotatable bonds is 9. The number of amides is 1. The van der Waals surface area contributed by atoms with Gasteiger partial charge in [0.15, 0.2) is 0 Å². The van der Waals surface area contributed by atoms with Crippen LogP contribution in [0.4, 0.5) is 0 Å². The third-order valence-corrected chi connectivity index (χ3v) is 4.15. The summed E-state index contributed by atoms with van der Waals surface area (Å²) in [7, 11) is -3.67. The summed E-state index contributed by atoms with van der Waals surface area (Å²) in [6.07, 6.45) is 2.52. The average Bonchev–Trinajstić information content (AvgIpc) is 2.64. The molecule has 1 unspecified atom stereocenters. The maximum absolute atomic E-state index is 11.0. The van der Waals surface area contributed by atoms with Gasteiger partial charge in [-0.3, -0.25) is 9.35 Å². The minimum atomic E-state index is -3.67. The number of halogens is 1. The Hall–Kier alpha value is -2.13. The molecule has 0 radical (unpaired) electrons. The van der Waals surface area contributed by atoms with E-state index in [-0.39, 0.29) is 11.9 Å².